The lowest BCUT2D eigenvalue weighted by Gasteiger charge is -2.41. The highest BCUT2D eigenvalue weighted by Gasteiger charge is 2.33. The van der Waals surface area contributed by atoms with E-state index in [4.69, 9.17) is 4.42 Å². The van der Waals surface area contributed by atoms with Crippen molar-refractivity contribution < 1.29 is 14.3 Å². The fourth-order valence-corrected chi connectivity index (χ4v) is 5.18. The zero-order chi connectivity index (χ0) is 22.8. The van der Waals surface area contributed by atoms with Gasteiger partial charge in [0.15, 0.2) is 0 Å². The van der Waals surface area contributed by atoms with E-state index in [-0.39, 0.29) is 17.9 Å². The van der Waals surface area contributed by atoms with Crippen LogP contribution in [0.5, 0.6) is 0 Å². The Bertz CT molecular complexity index is 949. The van der Waals surface area contributed by atoms with Gasteiger partial charge in [-0.05, 0) is 57.2 Å². The molecule has 2 heterocycles. The van der Waals surface area contributed by atoms with E-state index in [9.17, 15) is 9.90 Å². The number of hydrogen-bond donors (Lipinski definition) is 1. The second-order valence-corrected chi connectivity index (χ2v) is 9.69. The predicted molar refractivity (Wildman–Crippen MR) is 122 cm³/mol. The molecule has 7 nitrogen and oxygen atoms in total. The molecule has 1 N–H and O–H groups in total. The molecule has 1 saturated carbocycles. The minimum absolute atomic E-state index is 0.249. The lowest BCUT2D eigenvalue weighted by atomic mass is 9.96. The second-order valence-electron chi connectivity index (χ2n) is 9.69. The third-order valence-electron chi connectivity index (χ3n) is 7.04. The molecule has 1 aliphatic carbocycles. The van der Waals surface area contributed by atoms with Crippen LogP contribution in [0.2, 0.25) is 0 Å². The lowest BCUT2D eigenvalue weighted by Crippen LogP contribution is -2.54. The summed E-state index contributed by atoms with van der Waals surface area (Å²) in [6.45, 7) is 11.6. The molecule has 0 radical (unpaired) electrons. The smallest absolute Gasteiger partial charge is 0.244 e. The normalized spacial score (nSPS) is 21.3. The first-order valence-corrected chi connectivity index (χ1v) is 11.9. The molecule has 174 valence electrons. The summed E-state index contributed by atoms with van der Waals surface area (Å²) in [5, 5.41) is 17.7. The van der Waals surface area contributed by atoms with Crippen molar-refractivity contribution in [2.45, 2.75) is 78.5 Å². The van der Waals surface area contributed by atoms with Gasteiger partial charge in [0.05, 0.1) is 6.42 Å². The number of hydrogen-bond acceptors (Lipinski definition) is 6. The maximum absolute atomic E-state index is 12.9. The molecular formula is C25H36N4O3. The molecule has 1 saturated heterocycles. The van der Waals surface area contributed by atoms with Crippen LogP contribution in [0.4, 0.5) is 0 Å². The first kappa shape index (κ1) is 22.9. The zero-order valence-corrected chi connectivity index (χ0v) is 19.8. The molecule has 1 aromatic carbocycles. The van der Waals surface area contributed by atoms with Crippen LogP contribution in [0.1, 0.15) is 79.7 Å². The molecule has 32 heavy (non-hydrogen) atoms. The molecule has 1 aliphatic heterocycles. The Morgan fingerprint density at radius 3 is 2.56 bits per heavy atom. The maximum Gasteiger partial charge on any atom is 0.244 e. The van der Waals surface area contributed by atoms with Crippen molar-refractivity contribution in [2.75, 3.05) is 19.6 Å². The molecule has 2 fully saturated rings. The van der Waals surface area contributed by atoms with Gasteiger partial charge in [-0.3, -0.25) is 9.69 Å². The molecular weight excluding hydrogens is 404 g/mol. The highest BCUT2D eigenvalue weighted by Crippen LogP contribution is 2.29. The van der Waals surface area contributed by atoms with E-state index in [1.54, 1.807) is 6.92 Å². The van der Waals surface area contributed by atoms with Gasteiger partial charge in [0.25, 0.3) is 0 Å². The molecule has 1 amide bonds. The summed E-state index contributed by atoms with van der Waals surface area (Å²) in [5.41, 5.74) is 4.92. The summed E-state index contributed by atoms with van der Waals surface area (Å²) in [6.07, 6.45) is 4.32. The van der Waals surface area contributed by atoms with Gasteiger partial charge in [-0.2, -0.15) is 0 Å². The largest absolute Gasteiger partial charge is 0.422 e. The third kappa shape index (κ3) is 5.04. The van der Waals surface area contributed by atoms with Crippen LogP contribution in [-0.4, -0.2) is 56.7 Å². The van der Waals surface area contributed by atoms with Crippen LogP contribution in [0.25, 0.3) is 0 Å². The number of benzene rings is 1. The number of amides is 1. The topological polar surface area (TPSA) is 82.7 Å². The first-order chi connectivity index (χ1) is 15.3. The summed E-state index contributed by atoms with van der Waals surface area (Å²) in [5.74, 6) is 1.40. The van der Waals surface area contributed by atoms with Crippen molar-refractivity contribution in [2.24, 2.45) is 5.92 Å². The van der Waals surface area contributed by atoms with Crippen LogP contribution in [0.3, 0.4) is 0 Å². The summed E-state index contributed by atoms with van der Waals surface area (Å²) < 4.78 is 5.60. The number of rotatable bonds is 6. The van der Waals surface area contributed by atoms with Crippen molar-refractivity contribution in [3.05, 3.63) is 46.2 Å². The van der Waals surface area contributed by atoms with E-state index >= 15 is 0 Å². The molecule has 0 spiro atoms. The van der Waals surface area contributed by atoms with Crippen molar-refractivity contribution in [1.29, 1.82) is 0 Å². The van der Waals surface area contributed by atoms with Gasteiger partial charge in [-0.15, -0.1) is 10.2 Å². The van der Waals surface area contributed by atoms with Crippen molar-refractivity contribution in [1.82, 2.24) is 20.0 Å². The number of aromatic nitrogens is 2. The number of piperazine rings is 1. The van der Waals surface area contributed by atoms with Crippen molar-refractivity contribution in [3.63, 3.8) is 0 Å². The summed E-state index contributed by atoms with van der Waals surface area (Å²) >= 11 is 0. The predicted octanol–water partition coefficient (Wildman–Crippen LogP) is 3.55. The number of carbonyl (C=O) groups excluding carboxylic acids is 1. The van der Waals surface area contributed by atoms with Crippen LogP contribution in [0, 0.1) is 19.8 Å². The van der Waals surface area contributed by atoms with Crippen molar-refractivity contribution in [3.8, 4) is 0 Å². The number of aryl methyl sites for hydroxylation is 1. The molecule has 2 aromatic rings. The molecule has 7 heteroatoms. The SMILES string of the molecule is Cc1cc(Cc2nnc([C@@H](C)O)o2)c(C)c(CN2CCN(C(=O)C3CCCC3)[C@@H](C)C2)c1. The zero-order valence-electron chi connectivity index (χ0n) is 19.8. The van der Waals surface area contributed by atoms with Gasteiger partial charge in [-0.25, -0.2) is 0 Å². The Kier molecular flexibility index (Phi) is 6.96. The monoisotopic (exact) mass is 440 g/mol. The highest BCUT2D eigenvalue weighted by atomic mass is 16.4. The molecule has 2 aliphatic rings. The quantitative estimate of drug-likeness (QED) is 0.740. The van der Waals surface area contributed by atoms with E-state index in [1.165, 1.54) is 35.1 Å². The average molecular weight is 441 g/mol. The van der Waals surface area contributed by atoms with E-state index in [0.717, 1.165) is 39.0 Å². The lowest BCUT2D eigenvalue weighted by molar-refractivity contribution is -0.140. The molecule has 0 bridgehead atoms. The molecule has 2 atom stereocenters. The third-order valence-corrected chi connectivity index (χ3v) is 7.04. The van der Waals surface area contributed by atoms with Gasteiger partial charge in [0.1, 0.15) is 6.10 Å². The minimum Gasteiger partial charge on any atom is -0.422 e. The Morgan fingerprint density at radius 2 is 1.91 bits per heavy atom. The summed E-state index contributed by atoms with van der Waals surface area (Å²) in [4.78, 5) is 17.5. The Hall–Kier alpha value is -2.25. The van der Waals surface area contributed by atoms with Crippen LogP contribution in [-0.2, 0) is 17.8 Å². The second kappa shape index (κ2) is 9.71. The number of carbonyl (C=O) groups is 1. The van der Waals surface area contributed by atoms with E-state index in [1.807, 2.05) is 0 Å². The van der Waals surface area contributed by atoms with Gasteiger partial charge in [0.2, 0.25) is 17.7 Å². The molecule has 1 aromatic heterocycles. The Balaban J connectivity index is 1.42. The Labute approximate surface area is 190 Å². The van der Waals surface area contributed by atoms with E-state index in [2.05, 4.69) is 52.9 Å². The summed E-state index contributed by atoms with van der Waals surface area (Å²) in [7, 11) is 0. The van der Waals surface area contributed by atoms with Crippen LogP contribution >= 0.6 is 0 Å². The molecule has 4 rings (SSSR count). The molecule has 0 unspecified atom stereocenters. The standard InChI is InChI=1S/C25H36N4O3/c1-16-11-21(13-23-26-27-24(32-23)19(4)30)18(3)22(12-16)15-28-9-10-29(17(2)14-28)25(31)20-7-5-6-8-20/h11-12,17,19-20,30H,5-10,13-15H2,1-4H3/t17-,19+/m0/s1. The van der Waals surface area contributed by atoms with Gasteiger partial charge in [0, 0.05) is 38.1 Å². The Morgan fingerprint density at radius 1 is 1.19 bits per heavy atom. The van der Waals surface area contributed by atoms with E-state index in [0.29, 0.717) is 18.2 Å². The minimum atomic E-state index is -0.758. The first-order valence-electron chi connectivity index (χ1n) is 11.9. The van der Waals surface area contributed by atoms with E-state index < -0.39 is 6.10 Å². The van der Waals surface area contributed by atoms with Crippen LogP contribution < -0.4 is 0 Å². The number of aliphatic hydroxyl groups is 1. The van der Waals surface area contributed by atoms with Gasteiger partial charge < -0.3 is 14.4 Å². The van der Waals surface area contributed by atoms with Crippen molar-refractivity contribution >= 4 is 5.91 Å². The summed E-state index contributed by atoms with van der Waals surface area (Å²) in [6, 6.07) is 4.68. The van der Waals surface area contributed by atoms with Gasteiger partial charge in [-0.1, -0.05) is 30.5 Å². The van der Waals surface area contributed by atoms with Crippen LogP contribution in [0.15, 0.2) is 16.5 Å². The number of aliphatic hydroxyl groups excluding tert-OH is 1. The van der Waals surface area contributed by atoms with Gasteiger partial charge >= 0.3 is 0 Å². The fraction of sp³-hybridized carbons (Fsp3) is 0.640. The highest BCUT2D eigenvalue weighted by molar-refractivity contribution is 5.79. The fourth-order valence-electron chi connectivity index (χ4n) is 5.18. The average Bonchev–Trinajstić information content (AvgIpc) is 3.43. The number of nitrogens with zero attached hydrogens (tertiary/aromatic N) is 4. The maximum atomic E-state index is 12.9.